The van der Waals surface area contributed by atoms with Gasteiger partial charge in [-0.25, -0.2) is 14.4 Å². The quantitative estimate of drug-likeness (QED) is 0.399. The van der Waals surface area contributed by atoms with E-state index in [1.165, 1.54) is 6.07 Å². The Kier molecular flexibility index (Phi) is 5.37. The number of nitrogens with zero attached hydrogens (tertiary/aromatic N) is 5. The van der Waals surface area contributed by atoms with Gasteiger partial charge in [0, 0.05) is 50.3 Å². The van der Waals surface area contributed by atoms with Crippen molar-refractivity contribution in [2.75, 3.05) is 38.5 Å². The SMILES string of the molecule is Cc1ccnc2c1N=C(N1CCN(C)CC1)c1cc3c(nc1N/C=C\C2C)-c1c(F)cccc1C3. The zero-order chi connectivity index (χ0) is 24.1. The van der Waals surface area contributed by atoms with E-state index in [4.69, 9.17) is 15.0 Å². The van der Waals surface area contributed by atoms with E-state index in [2.05, 4.69) is 48.2 Å². The molecular weight excluding hydrogens is 439 g/mol. The number of piperazine rings is 1. The van der Waals surface area contributed by atoms with Crippen LogP contribution in [0.5, 0.6) is 0 Å². The van der Waals surface area contributed by atoms with Crippen LogP contribution < -0.4 is 5.32 Å². The number of aromatic nitrogens is 2. The van der Waals surface area contributed by atoms with Crippen LogP contribution in [0.25, 0.3) is 11.3 Å². The van der Waals surface area contributed by atoms with Gasteiger partial charge in [-0.1, -0.05) is 25.1 Å². The van der Waals surface area contributed by atoms with Gasteiger partial charge in [-0.05, 0) is 55.1 Å². The highest BCUT2D eigenvalue weighted by Gasteiger charge is 2.29. The lowest BCUT2D eigenvalue weighted by atomic mass is 10.0. The number of hydrogen-bond donors (Lipinski definition) is 1. The molecule has 4 heterocycles. The molecule has 3 aliphatic rings. The van der Waals surface area contributed by atoms with Crippen molar-refractivity contribution in [3.05, 3.63) is 82.6 Å². The molecule has 0 amide bonds. The summed E-state index contributed by atoms with van der Waals surface area (Å²) in [5.74, 6) is 1.45. The van der Waals surface area contributed by atoms with Gasteiger partial charge < -0.3 is 15.1 Å². The van der Waals surface area contributed by atoms with Crippen LogP contribution in [0.3, 0.4) is 0 Å². The summed E-state index contributed by atoms with van der Waals surface area (Å²) in [4.78, 5) is 19.7. The Morgan fingerprint density at radius 3 is 2.74 bits per heavy atom. The van der Waals surface area contributed by atoms with E-state index < -0.39 is 0 Å². The Morgan fingerprint density at radius 1 is 1.09 bits per heavy atom. The zero-order valence-corrected chi connectivity index (χ0v) is 20.3. The summed E-state index contributed by atoms with van der Waals surface area (Å²) in [6.45, 7) is 7.89. The molecule has 0 spiro atoms. The molecule has 35 heavy (non-hydrogen) atoms. The van der Waals surface area contributed by atoms with Gasteiger partial charge in [0.05, 0.1) is 22.6 Å². The molecule has 1 fully saturated rings. The molecule has 2 aromatic heterocycles. The van der Waals surface area contributed by atoms with Gasteiger partial charge in [0.15, 0.2) is 0 Å². The van der Waals surface area contributed by atoms with Gasteiger partial charge in [0.1, 0.15) is 17.5 Å². The van der Waals surface area contributed by atoms with Crippen molar-refractivity contribution in [1.82, 2.24) is 19.8 Å². The molecule has 1 aliphatic carbocycles. The van der Waals surface area contributed by atoms with E-state index in [1.807, 2.05) is 24.5 Å². The fourth-order valence-corrected chi connectivity index (χ4v) is 5.21. The number of amidine groups is 1. The van der Waals surface area contributed by atoms with Crippen LogP contribution in [-0.2, 0) is 6.42 Å². The third kappa shape index (κ3) is 3.80. The average molecular weight is 469 g/mol. The fourth-order valence-electron chi connectivity index (χ4n) is 5.21. The number of likely N-dealkylation sites (N-methyl/N-ethyl adjacent to an activating group) is 1. The molecule has 1 N–H and O–H groups in total. The second-order valence-corrected chi connectivity index (χ2v) is 9.72. The molecular formula is C28H29FN6. The second kappa shape index (κ2) is 8.57. The lowest BCUT2D eigenvalue weighted by Crippen LogP contribution is -2.47. The zero-order valence-electron chi connectivity index (χ0n) is 20.3. The highest BCUT2D eigenvalue weighted by atomic mass is 19.1. The van der Waals surface area contributed by atoms with E-state index in [0.29, 0.717) is 17.8 Å². The minimum atomic E-state index is -0.221. The van der Waals surface area contributed by atoms with E-state index >= 15 is 0 Å². The van der Waals surface area contributed by atoms with Crippen LogP contribution in [0.4, 0.5) is 15.9 Å². The maximum Gasteiger partial charge on any atom is 0.141 e. The average Bonchev–Trinajstić information content (AvgIpc) is 3.22. The standard InChI is InChI=1S/C28H29FN6/c1-17-8-10-31-27-21(16-20-15-19-5-4-6-22(29)23(19)26(20)32-27)28(35-13-11-34(3)12-14-35)33-25-18(2)7-9-30-24(17)25/h4-10,16-17H,11-15H2,1-3H3,(H,31,32)/b10-8-,33-28?. The van der Waals surface area contributed by atoms with Crippen LogP contribution in [-0.4, -0.2) is 58.8 Å². The minimum absolute atomic E-state index is 0.0732. The molecule has 6 nitrogen and oxygen atoms in total. The monoisotopic (exact) mass is 468 g/mol. The van der Waals surface area contributed by atoms with Gasteiger partial charge in [0.2, 0.25) is 0 Å². The number of benzene rings is 1. The van der Waals surface area contributed by atoms with E-state index in [-0.39, 0.29) is 11.7 Å². The number of pyridine rings is 2. The van der Waals surface area contributed by atoms with Crippen molar-refractivity contribution >= 4 is 17.3 Å². The molecule has 0 bridgehead atoms. The van der Waals surface area contributed by atoms with Crippen molar-refractivity contribution in [3.8, 4) is 11.3 Å². The Morgan fingerprint density at radius 2 is 1.91 bits per heavy atom. The molecule has 2 aliphatic heterocycles. The predicted molar refractivity (Wildman–Crippen MR) is 138 cm³/mol. The Hall–Kier alpha value is -3.58. The van der Waals surface area contributed by atoms with Crippen molar-refractivity contribution < 1.29 is 4.39 Å². The first-order valence-electron chi connectivity index (χ1n) is 12.2. The molecule has 1 aromatic carbocycles. The first-order chi connectivity index (χ1) is 17.0. The summed E-state index contributed by atoms with van der Waals surface area (Å²) in [7, 11) is 2.15. The number of aryl methyl sites for hydroxylation is 1. The van der Waals surface area contributed by atoms with Crippen molar-refractivity contribution in [2.45, 2.75) is 26.2 Å². The summed E-state index contributed by atoms with van der Waals surface area (Å²) in [5.41, 5.74) is 7.26. The molecule has 0 saturated carbocycles. The smallest absolute Gasteiger partial charge is 0.141 e. The molecule has 0 radical (unpaired) electrons. The molecule has 7 heteroatoms. The number of halogens is 1. The lowest BCUT2D eigenvalue weighted by Gasteiger charge is -2.35. The normalized spacial score (nSPS) is 20.2. The number of anilines is 1. The van der Waals surface area contributed by atoms with Gasteiger partial charge in [-0.3, -0.25) is 4.98 Å². The number of aliphatic imine (C=N–C) groups is 1. The van der Waals surface area contributed by atoms with Crippen LogP contribution in [0.2, 0.25) is 0 Å². The molecule has 1 unspecified atom stereocenters. The van der Waals surface area contributed by atoms with E-state index in [1.54, 1.807) is 6.07 Å². The number of fused-ring (bicyclic) bond motifs is 5. The summed E-state index contributed by atoms with van der Waals surface area (Å²) < 4.78 is 14.8. The van der Waals surface area contributed by atoms with Crippen molar-refractivity contribution in [3.63, 3.8) is 0 Å². The van der Waals surface area contributed by atoms with Crippen molar-refractivity contribution in [1.29, 1.82) is 0 Å². The summed E-state index contributed by atoms with van der Waals surface area (Å²) in [5, 5.41) is 3.41. The number of rotatable bonds is 0. The van der Waals surface area contributed by atoms with Gasteiger partial charge in [-0.15, -0.1) is 0 Å². The summed E-state index contributed by atoms with van der Waals surface area (Å²) in [6, 6.07) is 9.46. The third-order valence-corrected chi connectivity index (χ3v) is 7.27. The number of nitrogens with one attached hydrogen (secondary N) is 1. The Labute approximate surface area is 205 Å². The van der Waals surface area contributed by atoms with Gasteiger partial charge in [0.25, 0.3) is 0 Å². The Balaban J connectivity index is 1.58. The summed E-state index contributed by atoms with van der Waals surface area (Å²) in [6.07, 6.45) is 6.54. The van der Waals surface area contributed by atoms with Crippen LogP contribution >= 0.6 is 0 Å². The molecule has 1 saturated heterocycles. The number of allylic oxidation sites excluding steroid dienone is 1. The van der Waals surface area contributed by atoms with Gasteiger partial charge >= 0.3 is 0 Å². The highest BCUT2D eigenvalue weighted by molar-refractivity contribution is 6.05. The van der Waals surface area contributed by atoms with Crippen LogP contribution in [0.1, 0.15) is 40.8 Å². The maximum absolute atomic E-state index is 14.8. The van der Waals surface area contributed by atoms with E-state index in [9.17, 15) is 4.39 Å². The Bertz CT molecular complexity index is 1370. The molecule has 1 atom stereocenters. The number of hydrogen-bond acceptors (Lipinski definition) is 6. The van der Waals surface area contributed by atoms with Crippen molar-refractivity contribution in [2.24, 2.45) is 4.99 Å². The third-order valence-electron chi connectivity index (χ3n) is 7.27. The molecule has 178 valence electrons. The summed E-state index contributed by atoms with van der Waals surface area (Å²) >= 11 is 0. The molecule has 6 rings (SSSR count). The molecule has 3 aromatic rings. The maximum atomic E-state index is 14.8. The van der Waals surface area contributed by atoms with E-state index in [0.717, 1.165) is 71.3 Å². The largest absolute Gasteiger partial charge is 0.353 e. The van der Waals surface area contributed by atoms with Gasteiger partial charge in [-0.2, -0.15) is 0 Å². The highest BCUT2D eigenvalue weighted by Crippen LogP contribution is 2.40. The first kappa shape index (κ1) is 21.9. The fraction of sp³-hybridized carbons (Fsp3) is 0.321. The van der Waals surface area contributed by atoms with Crippen LogP contribution in [0.15, 0.2) is 53.8 Å². The van der Waals surface area contributed by atoms with Crippen LogP contribution in [0, 0.1) is 12.7 Å². The first-order valence-corrected chi connectivity index (χ1v) is 12.2. The predicted octanol–water partition coefficient (Wildman–Crippen LogP) is 4.86. The topological polar surface area (TPSA) is 56.7 Å². The minimum Gasteiger partial charge on any atom is -0.353 e. The second-order valence-electron chi connectivity index (χ2n) is 9.72. The lowest BCUT2D eigenvalue weighted by molar-refractivity contribution is 0.216.